The highest BCUT2D eigenvalue weighted by molar-refractivity contribution is 5.90. The summed E-state index contributed by atoms with van der Waals surface area (Å²) in [5.41, 5.74) is 0. The summed E-state index contributed by atoms with van der Waals surface area (Å²) in [5, 5.41) is 15.7. The Kier molecular flexibility index (Phi) is 3.19. The molecule has 0 saturated heterocycles. The SMILES string of the molecule is Cc1nc(C(=O)NC2CCC(O)CC2)no1. The molecule has 1 aliphatic rings. The van der Waals surface area contributed by atoms with Gasteiger partial charge in [0.2, 0.25) is 5.89 Å². The minimum Gasteiger partial charge on any atom is -0.393 e. The molecule has 1 aromatic heterocycles. The molecule has 0 aliphatic heterocycles. The molecule has 1 heterocycles. The average molecular weight is 225 g/mol. The van der Waals surface area contributed by atoms with Gasteiger partial charge in [0.15, 0.2) is 0 Å². The highest BCUT2D eigenvalue weighted by Gasteiger charge is 2.22. The van der Waals surface area contributed by atoms with Gasteiger partial charge in [-0.1, -0.05) is 5.16 Å². The van der Waals surface area contributed by atoms with Gasteiger partial charge in [0.25, 0.3) is 11.7 Å². The van der Waals surface area contributed by atoms with Crippen LogP contribution in [0.4, 0.5) is 0 Å². The zero-order chi connectivity index (χ0) is 11.5. The second-order valence-electron chi connectivity index (χ2n) is 4.12. The highest BCUT2D eigenvalue weighted by atomic mass is 16.5. The van der Waals surface area contributed by atoms with E-state index in [1.807, 2.05) is 0 Å². The van der Waals surface area contributed by atoms with E-state index in [2.05, 4.69) is 15.5 Å². The van der Waals surface area contributed by atoms with Crippen molar-refractivity contribution >= 4 is 5.91 Å². The number of aliphatic hydroxyl groups is 1. The smallest absolute Gasteiger partial charge is 0.292 e. The number of nitrogens with zero attached hydrogens (tertiary/aromatic N) is 2. The maximum Gasteiger partial charge on any atom is 0.292 e. The van der Waals surface area contributed by atoms with E-state index in [1.165, 1.54) is 0 Å². The van der Waals surface area contributed by atoms with Crippen LogP contribution in [0.25, 0.3) is 0 Å². The summed E-state index contributed by atoms with van der Waals surface area (Å²) in [6, 6.07) is 0.106. The van der Waals surface area contributed by atoms with Crippen LogP contribution >= 0.6 is 0 Å². The number of aromatic nitrogens is 2. The molecule has 0 bridgehead atoms. The molecule has 1 aliphatic carbocycles. The number of hydrogen-bond donors (Lipinski definition) is 2. The third-order valence-electron chi connectivity index (χ3n) is 2.76. The summed E-state index contributed by atoms with van der Waals surface area (Å²) in [4.78, 5) is 15.5. The topological polar surface area (TPSA) is 88.2 Å². The molecule has 2 N–H and O–H groups in total. The van der Waals surface area contributed by atoms with E-state index < -0.39 is 0 Å². The number of amides is 1. The fourth-order valence-electron chi connectivity index (χ4n) is 1.86. The summed E-state index contributed by atoms with van der Waals surface area (Å²) in [7, 11) is 0. The van der Waals surface area contributed by atoms with Gasteiger partial charge in [-0.3, -0.25) is 4.79 Å². The summed E-state index contributed by atoms with van der Waals surface area (Å²) in [5.74, 6) is 0.145. The number of nitrogens with one attached hydrogen (secondary N) is 1. The molecule has 0 aromatic carbocycles. The van der Waals surface area contributed by atoms with Gasteiger partial charge in [0.05, 0.1) is 6.10 Å². The summed E-state index contributed by atoms with van der Waals surface area (Å²) >= 11 is 0. The Morgan fingerprint density at radius 2 is 2.12 bits per heavy atom. The van der Waals surface area contributed by atoms with Crippen LogP contribution in [-0.4, -0.2) is 33.3 Å². The van der Waals surface area contributed by atoms with Crippen LogP contribution in [0.15, 0.2) is 4.52 Å². The van der Waals surface area contributed by atoms with Crippen molar-refractivity contribution in [3.8, 4) is 0 Å². The Morgan fingerprint density at radius 1 is 1.44 bits per heavy atom. The van der Waals surface area contributed by atoms with Gasteiger partial charge in [-0.05, 0) is 25.7 Å². The van der Waals surface area contributed by atoms with E-state index in [1.54, 1.807) is 6.92 Å². The van der Waals surface area contributed by atoms with E-state index in [9.17, 15) is 9.90 Å². The summed E-state index contributed by atoms with van der Waals surface area (Å²) < 4.78 is 4.73. The minimum atomic E-state index is -0.307. The molecule has 6 heteroatoms. The number of aliphatic hydroxyl groups excluding tert-OH is 1. The van der Waals surface area contributed by atoms with Crippen LogP contribution in [0.3, 0.4) is 0 Å². The fourth-order valence-corrected chi connectivity index (χ4v) is 1.86. The maximum atomic E-state index is 11.6. The van der Waals surface area contributed by atoms with Crippen LogP contribution in [0.1, 0.15) is 42.2 Å². The van der Waals surface area contributed by atoms with E-state index in [0.717, 1.165) is 25.7 Å². The van der Waals surface area contributed by atoms with E-state index in [0.29, 0.717) is 5.89 Å². The Balaban J connectivity index is 1.88. The predicted molar refractivity (Wildman–Crippen MR) is 54.8 cm³/mol. The molecule has 0 atom stereocenters. The van der Waals surface area contributed by atoms with E-state index in [4.69, 9.17) is 4.52 Å². The van der Waals surface area contributed by atoms with Crippen LogP contribution < -0.4 is 5.32 Å². The lowest BCUT2D eigenvalue weighted by Gasteiger charge is -2.25. The molecule has 6 nitrogen and oxygen atoms in total. The lowest BCUT2D eigenvalue weighted by Crippen LogP contribution is -2.39. The molecule has 16 heavy (non-hydrogen) atoms. The number of hydrogen-bond acceptors (Lipinski definition) is 5. The van der Waals surface area contributed by atoms with Gasteiger partial charge in [-0.25, -0.2) is 0 Å². The number of aryl methyl sites for hydroxylation is 1. The first-order chi connectivity index (χ1) is 7.65. The summed E-state index contributed by atoms with van der Waals surface area (Å²) in [6.07, 6.45) is 2.83. The lowest BCUT2D eigenvalue weighted by atomic mass is 9.93. The molecule has 1 saturated carbocycles. The van der Waals surface area contributed by atoms with Gasteiger partial charge in [-0.2, -0.15) is 4.98 Å². The Morgan fingerprint density at radius 3 is 2.69 bits per heavy atom. The average Bonchev–Trinajstić information content (AvgIpc) is 2.68. The lowest BCUT2D eigenvalue weighted by molar-refractivity contribution is 0.0855. The number of rotatable bonds is 2. The third kappa shape index (κ3) is 2.57. The Bertz CT molecular complexity index is 369. The predicted octanol–water partition coefficient (Wildman–Crippen LogP) is 0.411. The molecule has 1 aromatic rings. The molecular formula is C10H15N3O3. The number of carbonyl (C=O) groups excluding carboxylic acids is 1. The van der Waals surface area contributed by atoms with Gasteiger partial charge < -0.3 is 14.9 Å². The first-order valence-corrected chi connectivity index (χ1v) is 5.44. The zero-order valence-electron chi connectivity index (χ0n) is 9.14. The molecule has 0 radical (unpaired) electrons. The van der Waals surface area contributed by atoms with Crippen LogP contribution in [0.5, 0.6) is 0 Å². The van der Waals surface area contributed by atoms with Crippen molar-refractivity contribution < 1.29 is 14.4 Å². The Labute approximate surface area is 93.0 Å². The zero-order valence-corrected chi connectivity index (χ0v) is 9.14. The van der Waals surface area contributed by atoms with Gasteiger partial charge in [0.1, 0.15) is 0 Å². The molecule has 88 valence electrons. The van der Waals surface area contributed by atoms with E-state index in [-0.39, 0.29) is 23.9 Å². The van der Waals surface area contributed by atoms with Crippen molar-refractivity contribution in [1.29, 1.82) is 0 Å². The van der Waals surface area contributed by atoms with Crippen LogP contribution in [-0.2, 0) is 0 Å². The molecule has 1 amide bonds. The number of carbonyl (C=O) groups is 1. The van der Waals surface area contributed by atoms with E-state index >= 15 is 0 Å². The molecule has 2 rings (SSSR count). The fraction of sp³-hybridized carbons (Fsp3) is 0.700. The van der Waals surface area contributed by atoms with Crippen molar-refractivity contribution in [2.45, 2.75) is 44.8 Å². The van der Waals surface area contributed by atoms with Crippen LogP contribution in [0, 0.1) is 6.92 Å². The first-order valence-electron chi connectivity index (χ1n) is 5.44. The molecule has 0 spiro atoms. The second kappa shape index (κ2) is 4.61. The molecule has 1 fully saturated rings. The second-order valence-corrected chi connectivity index (χ2v) is 4.12. The first kappa shape index (κ1) is 11.1. The monoisotopic (exact) mass is 225 g/mol. The summed E-state index contributed by atoms with van der Waals surface area (Å²) in [6.45, 7) is 1.64. The van der Waals surface area contributed by atoms with Crippen molar-refractivity contribution in [2.75, 3.05) is 0 Å². The largest absolute Gasteiger partial charge is 0.393 e. The molecular weight excluding hydrogens is 210 g/mol. The van der Waals surface area contributed by atoms with Gasteiger partial charge in [-0.15, -0.1) is 0 Å². The standard InChI is InChI=1S/C10H15N3O3/c1-6-11-9(13-16-6)10(15)12-7-2-4-8(14)5-3-7/h7-8,14H,2-5H2,1H3,(H,12,15). The highest BCUT2D eigenvalue weighted by Crippen LogP contribution is 2.18. The van der Waals surface area contributed by atoms with Crippen molar-refractivity contribution in [1.82, 2.24) is 15.5 Å². The van der Waals surface area contributed by atoms with Crippen molar-refractivity contribution in [2.24, 2.45) is 0 Å². The Hall–Kier alpha value is -1.43. The minimum absolute atomic E-state index is 0.0728. The quantitative estimate of drug-likeness (QED) is 0.761. The van der Waals surface area contributed by atoms with Gasteiger partial charge >= 0.3 is 0 Å². The van der Waals surface area contributed by atoms with Crippen LogP contribution in [0.2, 0.25) is 0 Å². The normalized spacial score (nSPS) is 25.4. The van der Waals surface area contributed by atoms with Crippen molar-refractivity contribution in [3.63, 3.8) is 0 Å². The maximum absolute atomic E-state index is 11.6. The molecule has 0 unspecified atom stereocenters. The third-order valence-corrected chi connectivity index (χ3v) is 2.76. The van der Waals surface area contributed by atoms with Gasteiger partial charge in [0, 0.05) is 13.0 Å². The van der Waals surface area contributed by atoms with Crippen molar-refractivity contribution in [3.05, 3.63) is 11.7 Å².